The standard InChI is InChI=1S/C11H16N4O2/c1-7-6-15(5-4-9(7)16)11(17)8-2-3-10(12)14-13-8/h2-3,7,9,16H,4-6H2,1H3,(H2,12,14). The van der Waals surface area contributed by atoms with Crippen LogP contribution in [0.1, 0.15) is 23.8 Å². The molecule has 0 saturated carbocycles. The molecule has 2 rings (SSSR count). The van der Waals surface area contributed by atoms with Crippen molar-refractivity contribution in [2.75, 3.05) is 18.8 Å². The van der Waals surface area contributed by atoms with E-state index < -0.39 is 0 Å². The predicted molar refractivity (Wildman–Crippen MR) is 62.1 cm³/mol. The van der Waals surface area contributed by atoms with Gasteiger partial charge in [0.15, 0.2) is 5.69 Å². The lowest BCUT2D eigenvalue weighted by Gasteiger charge is -2.34. The van der Waals surface area contributed by atoms with E-state index in [1.165, 1.54) is 0 Å². The van der Waals surface area contributed by atoms with Crippen LogP contribution in [0.25, 0.3) is 0 Å². The molecule has 0 aliphatic carbocycles. The zero-order valence-corrected chi connectivity index (χ0v) is 9.71. The Morgan fingerprint density at radius 1 is 1.53 bits per heavy atom. The lowest BCUT2D eigenvalue weighted by atomic mass is 9.96. The molecule has 1 aliphatic rings. The summed E-state index contributed by atoms with van der Waals surface area (Å²) in [5.74, 6) is 0.231. The van der Waals surface area contributed by atoms with E-state index in [1.54, 1.807) is 17.0 Å². The predicted octanol–water partition coefficient (Wildman–Crippen LogP) is -0.0983. The summed E-state index contributed by atoms with van der Waals surface area (Å²) in [5, 5.41) is 17.0. The number of rotatable bonds is 1. The first-order valence-electron chi connectivity index (χ1n) is 5.64. The second kappa shape index (κ2) is 4.67. The lowest BCUT2D eigenvalue weighted by Crippen LogP contribution is -2.45. The van der Waals surface area contributed by atoms with Gasteiger partial charge in [-0.05, 0) is 24.5 Å². The van der Waals surface area contributed by atoms with E-state index in [-0.39, 0.29) is 17.9 Å². The Morgan fingerprint density at radius 2 is 2.29 bits per heavy atom. The molecule has 1 aliphatic heterocycles. The van der Waals surface area contributed by atoms with Crippen molar-refractivity contribution in [3.8, 4) is 0 Å². The summed E-state index contributed by atoms with van der Waals surface area (Å²) in [6.45, 7) is 3.03. The molecular weight excluding hydrogens is 220 g/mol. The number of likely N-dealkylation sites (tertiary alicyclic amines) is 1. The first kappa shape index (κ1) is 11.8. The number of hydrogen-bond donors (Lipinski definition) is 2. The first-order chi connectivity index (χ1) is 8.08. The van der Waals surface area contributed by atoms with Crippen molar-refractivity contribution in [2.45, 2.75) is 19.4 Å². The van der Waals surface area contributed by atoms with Gasteiger partial charge in [-0.15, -0.1) is 10.2 Å². The van der Waals surface area contributed by atoms with Gasteiger partial charge in [0.25, 0.3) is 5.91 Å². The van der Waals surface area contributed by atoms with Crippen LogP contribution in [0.2, 0.25) is 0 Å². The van der Waals surface area contributed by atoms with Crippen molar-refractivity contribution in [1.82, 2.24) is 15.1 Å². The number of anilines is 1. The molecule has 0 bridgehead atoms. The molecule has 0 aromatic carbocycles. The Hall–Kier alpha value is -1.69. The highest BCUT2D eigenvalue weighted by Gasteiger charge is 2.28. The lowest BCUT2D eigenvalue weighted by molar-refractivity contribution is 0.0293. The number of aliphatic hydroxyl groups excluding tert-OH is 1. The number of carbonyl (C=O) groups excluding carboxylic acids is 1. The smallest absolute Gasteiger partial charge is 0.274 e. The van der Waals surface area contributed by atoms with Crippen LogP contribution in [-0.4, -0.2) is 45.3 Å². The number of carbonyl (C=O) groups is 1. The fourth-order valence-electron chi connectivity index (χ4n) is 1.94. The second-order valence-corrected chi connectivity index (χ2v) is 4.43. The summed E-state index contributed by atoms with van der Waals surface area (Å²) in [6.07, 6.45) is 0.284. The van der Waals surface area contributed by atoms with Crippen molar-refractivity contribution >= 4 is 11.7 Å². The third-order valence-electron chi connectivity index (χ3n) is 3.05. The minimum atomic E-state index is -0.323. The Morgan fingerprint density at radius 3 is 2.88 bits per heavy atom. The monoisotopic (exact) mass is 236 g/mol. The van der Waals surface area contributed by atoms with E-state index in [0.717, 1.165) is 0 Å². The van der Waals surface area contributed by atoms with Gasteiger partial charge in [0, 0.05) is 13.1 Å². The minimum Gasteiger partial charge on any atom is -0.393 e. The van der Waals surface area contributed by atoms with Gasteiger partial charge in [-0.1, -0.05) is 6.92 Å². The number of nitrogens with zero attached hydrogens (tertiary/aromatic N) is 3. The summed E-state index contributed by atoms with van der Waals surface area (Å²) in [6, 6.07) is 3.13. The second-order valence-electron chi connectivity index (χ2n) is 4.43. The van der Waals surface area contributed by atoms with Gasteiger partial charge < -0.3 is 15.7 Å². The van der Waals surface area contributed by atoms with Crippen LogP contribution in [0, 0.1) is 5.92 Å². The summed E-state index contributed by atoms with van der Waals surface area (Å²) in [5.41, 5.74) is 5.71. The molecule has 2 heterocycles. The summed E-state index contributed by atoms with van der Waals surface area (Å²) in [4.78, 5) is 13.8. The van der Waals surface area contributed by atoms with Crippen LogP contribution < -0.4 is 5.73 Å². The minimum absolute atomic E-state index is 0.0921. The molecule has 6 heteroatoms. The fourth-order valence-corrected chi connectivity index (χ4v) is 1.94. The molecule has 1 saturated heterocycles. The molecule has 1 amide bonds. The highest BCUT2D eigenvalue weighted by molar-refractivity contribution is 5.92. The molecule has 1 aromatic heterocycles. The Kier molecular flexibility index (Phi) is 3.23. The molecular formula is C11H16N4O2. The van der Waals surface area contributed by atoms with Crippen molar-refractivity contribution in [2.24, 2.45) is 5.92 Å². The maximum atomic E-state index is 12.1. The molecule has 2 unspecified atom stereocenters. The average molecular weight is 236 g/mol. The van der Waals surface area contributed by atoms with Gasteiger partial charge in [0.2, 0.25) is 0 Å². The van der Waals surface area contributed by atoms with E-state index >= 15 is 0 Å². The van der Waals surface area contributed by atoms with E-state index in [0.29, 0.717) is 31.0 Å². The number of amides is 1. The third-order valence-corrected chi connectivity index (χ3v) is 3.05. The molecule has 92 valence electrons. The molecule has 3 N–H and O–H groups in total. The van der Waals surface area contributed by atoms with Gasteiger partial charge in [-0.25, -0.2) is 0 Å². The Labute approximate surface area is 99.4 Å². The summed E-state index contributed by atoms with van der Waals surface area (Å²) < 4.78 is 0. The van der Waals surface area contributed by atoms with Crippen LogP contribution >= 0.6 is 0 Å². The molecule has 0 spiro atoms. The zero-order valence-electron chi connectivity index (χ0n) is 9.71. The fraction of sp³-hybridized carbons (Fsp3) is 0.545. The number of aliphatic hydroxyl groups is 1. The van der Waals surface area contributed by atoms with Crippen LogP contribution in [0.4, 0.5) is 5.82 Å². The van der Waals surface area contributed by atoms with Crippen molar-refractivity contribution < 1.29 is 9.90 Å². The topological polar surface area (TPSA) is 92.3 Å². The van der Waals surface area contributed by atoms with Crippen molar-refractivity contribution in [1.29, 1.82) is 0 Å². The highest BCUT2D eigenvalue weighted by atomic mass is 16.3. The molecule has 0 radical (unpaired) electrons. The van der Waals surface area contributed by atoms with Gasteiger partial charge in [-0.3, -0.25) is 4.79 Å². The zero-order chi connectivity index (χ0) is 12.4. The summed E-state index contributed by atoms with van der Waals surface area (Å²) >= 11 is 0. The quantitative estimate of drug-likeness (QED) is 0.710. The van der Waals surface area contributed by atoms with Gasteiger partial charge >= 0.3 is 0 Å². The van der Waals surface area contributed by atoms with Gasteiger partial charge in [0.05, 0.1) is 6.10 Å². The van der Waals surface area contributed by atoms with E-state index in [9.17, 15) is 9.90 Å². The number of nitrogens with two attached hydrogens (primary N) is 1. The van der Waals surface area contributed by atoms with Crippen LogP contribution in [0.15, 0.2) is 12.1 Å². The van der Waals surface area contributed by atoms with E-state index in [2.05, 4.69) is 10.2 Å². The van der Waals surface area contributed by atoms with Gasteiger partial charge in [-0.2, -0.15) is 0 Å². The normalized spacial score (nSPS) is 24.7. The number of nitrogen functional groups attached to an aromatic ring is 1. The summed E-state index contributed by atoms with van der Waals surface area (Å²) in [7, 11) is 0. The average Bonchev–Trinajstić information content (AvgIpc) is 2.33. The van der Waals surface area contributed by atoms with Crippen molar-refractivity contribution in [3.05, 3.63) is 17.8 Å². The van der Waals surface area contributed by atoms with E-state index in [1.807, 2.05) is 6.92 Å². The maximum Gasteiger partial charge on any atom is 0.274 e. The SMILES string of the molecule is CC1CN(C(=O)c2ccc(N)nn2)CCC1O. The molecule has 1 fully saturated rings. The van der Waals surface area contributed by atoms with E-state index in [4.69, 9.17) is 5.73 Å². The Balaban J connectivity index is 2.08. The van der Waals surface area contributed by atoms with Gasteiger partial charge in [0.1, 0.15) is 5.82 Å². The van der Waals surface area contributed by atoms with Crippen LogP contribution in [0.5, 0.6) is 0 Å². The number of piperidine rings is 1. The number of hydrogen-bond acceptors (Lipinski definition) is 5. The first-order valence-corrected chi connectivity index (χ1v) is 5.64. The molecule has 6 nitrogen and oxygen atoms in total. The van der Waals surface area contributed by atoms with Crippen molar-refractivity contribution in [3.63, 3.8) is 0 Å². The highest BCUT2D eigenvalue weighted by Crippen LogP contribution is 2.18. The molecule has 2 atom stereocenters. The number of aromatic nitrogens is 2. The third kappa shape index (κ3) is 2.52. The largest absolute Gasteiger partial charge is 0.393 e. The molecule has 1 aromatic rings. The Bertz CT molecular complexity index is 406. The van der Waals surface area contributed by atoms with Crippen LogP contribution in [-0.2, 0) is 0 Å². The molecule has 17 heavy (non-hydrogen) atoms. The maximum absolute atomic E-state index is 12.1. The van der Waals surface area contributed by atoms with Crippen LogP contribution in [0.3, 0.4) is 0 Å².